The molecule has 0 spiro atoms. The minimum Gasteiger partial charge on any atom is -0.385 e. The van der Waals surface area contributed by atoms with Gasteiger partial charge >= 0.3 is 0 Å². The summed E-state index contributed by atoms with van der Waals surface area (Å²) in [5.41, 5.74) is 5.78. The van der Waals surface area contributed by atoms with Crippen LogP contribution in [-0.4, -0.2) is 44.8 Å². The maximum absolute atomic E-state index is 5.78. The second-order valence-corrected chi connectivity index (χ2v) is 4.32. The van der Waals surface area contributed by atoms with E-state index < -0.39 is 0 Å². The van der Waals surface area contributed by atoms with Crippen molar-refractivity contribution in [2.45, 2.75) is 31.7 Å². The van der Waals surface area contributed by atoms with Crippen molar-refractivity contribution in [3.63, 3.8) is 0 Å². The molecule has 0 heterocycles. The summed E-state index contributed by atoms with van der Waals surface area (Å²) in [6, 6.07) is 0.623. The first kappa shape index (κ1) is 12.0. The molecule has 0 amide bonds. The van der Waals surface area contributed by atoms with Gasteiger partial charge in [-0.1, -0.05) is 0 Å². The van der Waals surface area contributed by atoms with Crippen LogP contribution in [0.2, 0.25) is 0 Å². The Morgan fingerprint density at radius 1 is 1.43 bits per heavy atom. The largest absolute Gasteiger partial charge is 0.385 e. The lowest BCUT2D eigenvalue weighted by Crippen LogP contribution is -2.40. The lowest BCUT2D eigenvalue weighted by Gasteiger charge is -2.26. The zero-order valence-electron chi connectivity index (χ0n) is 9.54. The summed E-state index contributed by atoms with van der Waals surface area (Å²) < 4.78 is 5.03. The third-order valence-electron chi connectivity index (χ3n) is 3.08. The van der Waals surface area contributed by atoms with Crippen LogP contribution < -0.4 is 5.73 Å². The molecule has 1 aliphatic rings. The molecule has 1 fully saturated rings. The Labute approximate surface area is 87.6 Å². The topological polar surface area (TPSA) is 38.5 Å². The molecule has 84 valence electrons. The van der Waals surface area contributed by atoms with Gasteiger partial charge in [0.05, 0.1) is 0 Å². The number of likely N-dealkylation sites (N-methyl/N-ethyl adjacent to an activating group) is 1. The summed E-state index contributed by atoms with van der Waals surface area (Å²) in [6.45, 7) is 2.84. The molecule has 1 rings (SSSR count). The van der Waals surface area contributed by atoms with E-state index >= 15 is 0 Å². The summed E-state index contributed by atoms with van der Waals surface area (Å²) in [4.78, 5) is 2.42. The van der Waals surface area contributed by atoms with E-state index in [2.05, 4.69) is 11.9 Å². The number of rotatable bonds is 8. The van der Waals surface area contributed by atoms with Crippen LogP contribution in [0, 0.1) is 5.92 Å². The van der Waals surface area contributed by atoms with E-state index in [0.717, 1.165) is 32.0 Å². The normalized spacial score (nSPS) is 18.9. The molecule has 1 unspecified atom stereocenters. The molecule has 0 radical (unpaired) electrons. The van der Waals surface area contributed by atoms with Gasteiger partial charge in [0, 0.05) is 26.3 Å². The molecular weight excluding hydrogens is 176 g/mol. The van der Waals surface area contributed by atoms with Crippen LogP contribution in [0.3, 0.4) is 0 Å². The lowest BCUT2D eigenvalue weighted by molar-refractivity contribution is 0.176. The van der Waals surface area contributed by atoms with Crippen LogP contribution in [0.4, 0.5) is 0 Å². The van der Waals surface area contributed by atoms with Gasteiger partial charge in [-0.3, -0.25) is 0 Å². The summed E-state index contributed by atoms with van der Waals surface area (Å²) in [5, 5.41) is 0. The van der Waals surface area contributed by atoms with E-state index in [1.54, 1.807) is 7.11 Å². The average Bonchev–Trinajstić information content (AvgIpc) is 2.98. The summed E-state index contributed by atoms with van der Waals surface area (Å²) in [5.74, 6) is 0.882. The number of nitrogens with two attached hydrogens (primary N) is 1. The van der Waals surface area contributed by atoms with Crippen LogP contribution in [0.15, 0.2) is 0 Å². The van der Waals surface area contributed by atoms with Crippen molar-refractivity contribution in [3.8, 4) is 0 Å². The van der Waals surface area contributed by atoms with Crippen molar-refractivity contribution >= 4 is 0 Å². The molecule has 1 saturated carbocycles. The highest BCUT2D eigenvalue weighted by Gasteiger charge is 2.32. The highest BCUT2D eigenvalue weighted by molar-refractivity contribution is 4.87. The molecular formula is C11H24N2O. The van der Waals surface area contributed by atoms with Gasteiger partial charge in [-0.15, -0.1) is 0 Å². The Balaban J connectivity index is 2.08. The number of ether oxygens (including phenoxy) is 1. The van der Waals surface area contributed by atoms with Crippen LogP contribution in [0.1, 0.15) is 25.7 Å². The number of hydrogen-bond donors (Lipinski definition) is 1. The van der Waals surface area contributed by atoms with Crippen molar-refractivity contribution in [1.29, 1.82) is 0 Å². The standard InChI is InChI=1S/C11H24N2O/c1-13(7-3-4-8-14-2)11(9-12)10-5-6-10/h10-11H,3-9,12H2,1-2H3. The SMILES string of the molecule is COCCCCN(C)C(CN)C1CC1. The minimum absolute atomic E-state index is 0.623. The fourth-order valence-corrected chi connectivity index (χ4v) is 1.99. The number of methoxy groups -OCH3 is 1. The van der Waals surface area contributed by atoms with Gasteiger partial charge in [-0.2, -0.15) is 0 Å². The molecule has 3 heteroatoms. The van der Waals surface area contributed by atoms with E-state index in [9.17, 15) is 0 Å². The van der Waals surface area contributed by atoms with E-state index in [4.69, 9.17) is 10.5 Å². The molecule has 14 heavy (non-hydrogen) atoms. The third-order valence-corrected chi connectivity index (χ3v) is 3.08. The fourth-order valence-electron chi connectivity index (χ4n) is 1.99. The zero-order valence-corrected chi connectivity index (χ0v) is 9.54. The molecule has 0 aromatic heterocycles. The highest BCUT2D eigenvalue weighted by atomic mass is 16.5. The van der Waals surface area contributed by atoms with Gasteiger partial charge in [-0.25, -0.2) is 0 Å². The van der Waals surface area contributed by atoms with Crippen LogP contribution in [0.25, 0.3) is 0 Å². The second-order valence-electron chi connectivity index (χ2n) is 4.32. The van der Waals surface area contributed by atoms with Gasteiger partial charge in [0.2, 0.25) is 0 Å². The van der Waals surface area contributed by atoms with Gasteiger partial charge in [0.25, 0.3) is 0 Å². The zero-order chi connectivity index (χ0) is 10.4. The molecule has 0 aromatic rings. The first-order chi connectivity index (χ1) is 6.79. The monoisotopic (exact) mass is 200 g/mol. The van der Waals surface area contributed by atoms with E-state index in [0.29, 0.717) is 6.04 Å². The quantitative estimate of drug-likeness (QED) is 0.596. The van der Waals surface area contributed by atoms with Gasteiger partial charge < -0.3 is 15.4 Å². The van der Waals surface area contributed by atoms with E-state index in [-0.39, 0.29) is 0 Å². The molecule has 3 nitrogen and oxygen atoms in total. The van der Waals surface area contributed by atoms with Crippen LogP contribution >= 0.6 is 0 Å². The molecule has 0 saturated heterocycles. The lowest BCUT2D eigenvalue weighted by atomic mass is 10.1. The summed E-state index contributed by atoms with van der Waals surface area (Å²) >= 11 is 0. The Bertz CT molecular complexity index is 148. The first-order valence-electron chi connectivity index (χ1n) is 5.68. The molecule has 0 aromatic carbocycles. The second kappa shape index (κ2) is 6.38. The smallest absolute Gasteiger partial charge is 0.0462 e. The van der Waals surface area contributed by atoms with E-state index in [1.165, 1.54) is 19.3 Å². The molecule has 2 N–H and O–H groups in total. The number of unbranched alkanes of at least 4 members (excludes halogenated alkanes) is 1. The number of hydrogen-bond acceptors (Lipinski definition) is 3. The molecule has 0 aliphatic heterocycles. The Morgan fingerprint density at radius 2 is 2.14 bits per heavy atom. The Morgan fingerprint density at radius 3 is 2.64 bits per heavy atom. The minimum atomic E-state index is 0.623. The fraction of sp³-hybridized carbons (Fsp3) is 1.00. The van der Waals surface area contributed by atoms with E-state index in [1.807, 2.05) is 0 Å². The van der Waals surface area contributed by atoms with Gasteiger partial charge in [-0.05, 0) is 45.2 Å². The first-order valence-corrected chi connectivity index (χ1v) is 5.68. The maximum atomic E-state index is 5.78. The predicted molar refractivity (Wildman–Crippen MR) is 59.3 cm³/mol. The summed E-state index contributed by atoms with van der Waals surface area (Å²) in [7, 11) is 3.96. The van der Waals surface area contributed by atoms with Crippen molar-refractivity contribution in [3.05, 3.63) is 0 Å². The Hall–Kier alpha value is -0.120. The van der Waals surface area contributed by atoms with Crippen LogP contribution in [0.5, 0.6) is 0 Å². The number of nitrogens with zero attached hydrogens (tertiary/aromatic N) is 1. The predicted octanol–water partition coefficient (Wildman–Crippen LogP) is 1.08. The molecule has 0 bridgehead atoms. The van der Waals surface area contributed by atoms with Crippen molar-refractivity contribution in [1.82, 2.24) is 4.90 Å². The van der Waals surface area contributed by atoms with Gasteiger partial charge in [0.1, 0.15) is 0 Å². The highest BCUT2D eigenvalue weighted by Crippen LogP contribution is 2.34. The Kier molecular flexibility index (Phi) is 5.45. The maximum Gasteiger partial charge on any atom is 0.0462 e. The molecule has 1 atom stereocenters. The molecule has 1 aliphatic carbocycles. The summed E-state index contributed by atoms with van der Waals surface area (Å²) in [6.07, 6.45) is 5.13. The third kappa shape index (κ3) is 3.95. The average molecular weight is 200 g/mol. The van der Waals surface area contributed by atoms with Crippen molar-refractivity contribution in [2.24, 2.45) is 11.7 Å². The van der Waals surface area contributed by atoms with Crippen LogP contribution in [-0.2, 0) is 4.74 Å². The van der Waals surface area contributed by atoms with Crippen molar-refractivity contribution in [2.75, 3.05) is 33.9 Å². The van der Waals surface area contributed by atoms with Gasteiger partial charge in [0.15, 0.2) is 0 Å². The van der Waals surface area contributed by atoms with Crippen molar-refractivity contribution < 1.29 is 4.74 Å².